The molecule has 0 fully saturated rings. The van der Waals surface area contributed by atoms with Gasteiger partial charge in [-0.15, -0.1) is 0 Å². The minimum Gasteiger partial charge on any atom is -0.258 e. The lowest BCUT2D eigenvalue weighted by atomic mass is 10.2. The first-order valence-electron chi connectivity index (χ1n) is 3.53. The van der Waals surface area contributed by atoms with E-state index in [0.717, 1.165) is 6.07 Å². The van der Waals surface area contributed by atoms with Gasteiger partial charge in [-0.25, -0.2) is 0 Å². The average Bonchev–Trinajstić information content (AvgIpc) is 2.16. The molecule has 0 spiro atoms. The van der Waals surface area contributed by atoms with Crippen molar-refractivity contribution >= 4 is 27.3 Å². The summed E-state index contributed by atoms with van der Waals surface area (Å²) < 4.78 is 0. The fourth-order valence-corrected chi connectivity index (χ4v) is 1.27. The molecule has 0 aromatic heterocycles. The van der Waals surface area contributed by atoms with Crippen LogP contribution in [-0.2, 0) is 5.33 Å². The highest BCUT2D eigenvalue weighted by Crippen LogP contribution is 2.23. The molecule has 0 N–H and O–H groups in total. The largest absolute Gasteiger partial charge is 0.276 e. The molecule has 6 nitrogen and oxygen atoms in total. The Kier molecular flexibility index (Phi) is 3.13. The molecule has 0 saturated heterocycles. The summed E-state index contributed by atoms with van der Waals surface area (Å²) in [5.74, 6) is 0. The molecule has 0 unspecified atom stereocenters. The Bertz CT molecular complexity index is 361. The second-order valence-electron chi connectivity index (χ2n) is 2.51. The Balaban J connectivity index is 3.27. The quantitative estimate of drug-likeness (QED) is 0.474. The van der Waals surface area contributed by atoms with Gasteiger partial charge < -0.3 is 0 Å². The highest BCUT2D eigenvalue weighted by atomic mass is 79.9. The third-order valence-corrected chi connectivity index (χ3v) is 2.19. The number of nitro benzene ring substituents is 2. The molecular formula is C7H5BrN2O4. The summed E-state index contributed by atoms with van der Waals surface area (Å²) in [5, 5.41) is 21.2. The molecule has 0 aliphatic carbocycles. The molecule has 74 valence electrons. The van der Waals surface area contributed by atoms with E-state index in [0.29, 0.717) is 10.9 Å². The molecule has 0 saturated carbocycles. The SMILES string of the molecule is O=[N+]([O-])c1cc(CBr)cc([N+](=O)[O-])c1. The van der Waals surface area contributed by atoms with Gasteiger partial charge in [-0.2, -0.15) is 0 Å². The maximum atomic E-state index is 10.4. The molecule has 0 aliphatic rings. The summed E-state index contributed by atoms with van der Waals surface area (Å²) in [4.78, 5) is 19.5. The smallest absolute Gasteiger partial charge is 0.258 e. The predicted molar refractivity (Wildman–Crippen MR) is 52.4 cm³/mol. The van der Waals surface area contributed by atoms with Crippen molar-refractivity contribution in [2.75, 3.05) is 0 Å². The first-order chi connectivity index (χ1) is 6.54. The van der Waals surface area contributed by atoms with Gasteiger partial charge in [0.1, 0.15) is 0 Å². The Labute approximate surface area is 87.0 Å². The van der Waals surface area contributed by atoms with Gasteiger partial charge in [0.05, 0.1) is 15.9 Å². The molecule has 0 bridgehead atoms. The zero-order valence-corrected chi connectivity index (χ0v) is 8.43. The second-order valence-corrected chi connectivity index (χ2v) is 3.07. The molecule has 7 heteroatoms. The van der Waals surface area contributed by atoms with E-state index in [1.807, 2.05) is 0 Å². The Morgan fingerprint density at radius 2 is 1.50 bits per heavy atom. The standard InChI is InChI=1S/C7H5BrN2O4/c8-4-5-1-6(9(11)12)3-7(2-5)10(13)14/h1-3H,4H2. The van der Waals surface area contributed by atoms with Crippen molar-refractivity contribution in [3.05, 3.63) is 44.0 Å². The van der Waals surface area contributed by atoms with Crippen LogP contribution in [0.15, 0.2) is 18.2 Å². The molecule has 0 aliphatic heterocycles. The van der Waals surface area contributed by atoms with Crippen molar-refractivity contribution in [2.24, 2.45) is 0 Å². The zero-order chi connectivity index (χ0) is 10.7. The molecule has 0 radical (unpaired) electrons. The summed E-state index contributed by atoms with van der Waals surface area (Å²) in [6, 6.07) is 3.52. The van der Waals surface area contributed by atoms with Gasteiger partial charge in [0.15, 0.2) is 0 Å². The van der Waals surface area contributed by atoms with Gasteiger partial charge in [0.2, 0.25) is 0 Å². The van der Waals surface area contributed by atoms with Crippen molar-refractivity contribution in [3.8, 4) is 0 Å². The lowest BCUT2D eigenvalue weighted by Crippen LogP contribution is -1.94. The number of non-ortho nitro benzene ring substituents is 2. The predicted octanol–water partition coefficient (Wildman–Crippen LogP) is 2.40. The van der Waals surface area contributed by atoms with Crippen LogP contribution in [0, 0.1) is 20.2 Å². The lowest BCUT2D eigenvalue weighted by Gasteiger charge is -1.96. The van der Waals surface area contributed by atoms with Crippen LogP contribution in [0.25, 0.3) is 0 Å². The second kappa shape index (κ2) is 4.14. The molecule has 0 amide bonds. The van der Waals surface area contributed by atoms with Crippen LogP contribution in [0.4, 0.5) is 11.4 Å². The van der Waals surface area contributed by atoms with Gasteiger partial charge in [-0.3, -0.25) is 20.2 Å². The van der Waals surface area contributed by atoms with E-state index in [1.54, 1.807) is 0 Å². The fraction of sp³-hybridized carbons (Fsp3) is 0.143. The van der Waals surface area contributed by atoms with Crippen molar-refractivity contribution in [1.29, 1.82) is 0 Å². The Morgan fingerprint density at radius 3 is 1.79 bits per heavy atom. The molecule has 0 atom stereocenters. The van der Waals surface area contributed by atoms with Crippen LogP contribution >= 0.6 is 15.9 Å². The summed E-state index contributed by atoms with van der Waals surface area (Å²) in [7, 11) is 0. The number of rotatable bonds is 3. The van der Waals surface area contributed by atoms with E-state index in [9.17, 15) is 20.2 Å². The highest BCUT2D eigenvalue weighted by molar-refractivity contribution is 9.08. The Hall–Kier alpha value is -1.50. The summed E-state index contributed by atoms with van der Waals surface area (Å²) in [6.07, 6.45) is 0. The van der Waals surface area contributed by atoms with Crippen LogP contribution in [0.3, 0.4) is 0 Å². The number of hydrogen-bond acceptors (Lipinski definition) is 4. The van der Waals surface area contributed by atoms with Gasteiger partial charge in [-0.05, 0) is 5.56 Å². The topological polar surface area (TPSA) is 86.3 Å². The molecule has 1 aromatic carbocycles. The zero-order valence-electron chi connectivity index (χ0n) is 6.84. The van der Waals surface area contributed by atoms with E-state index in [1.165, 1.54) is 12.1 Å². The number of alkyl halides is 1. The van der Waals surface area contributed by atoms with Crippen molar-refractivity contribution in [3.63, 3.8) is 0 Å². The van der Waals surface area contributed by atoms with Crippen LogP contribution < -0.4 is 0 Å². The van der Waals surface area contributed by atoms with Crippen LogP contribution in [0.2, 0.25) is 0 Å². The first-order valence-corrected chi connectivity index (χ1v) is 4.65. The minimum atomic E-state index is -0.654. The van der Waals surface area contributed by atoms with E-state index in [4.69, 9.17) is 0 Å². The van der Waals surface area contributed by atoms with E-state index >= 15 is 0 Å². The van der Waals surface area contributed by atoms with Crippen LogP contribution in [0.1, 0.15) is 5.56 Å². The molecule has 14 heavy (non-hydrogen) atoms. The summed E-state index contributed by atoms with van der Waals surface area (Å²) >= 11 is 3.08. The number of hydrogen-bond donors (Lipinski definition) is 0. The van der Waals surface area contributed by atoms with Gasteiger partial charge >= 0.3 is 0 Å². The molecule has 1 aromatic rings. The van der Waals surface area contributed by atoms with Crippen LogP contribution in [-0.4, -0.2) is 9.85 Å². The average molecular weight is 261 g/mol. The molecule has 0 heterocycles. The summed E-state index contributed by atoms with van der Waals surface area (Å²) in [6.45, 7) is 0. The van der Waals surface area contributed by atoms with Crippen molar-refractivity contribution < 1.29 is 9.85 Å². The Morgan fingerprint density at radius 1 is 1.07 bits per heavy atom. The minimum absolute atomic E-state index is 0.270. The molecular weight excluding hydrogens is 256 g/mol. The van der Waals surface area contributed by atoms with Gasteiger partial charge in [-0.1, -0.05) is 15.9 Å². The first kappa shape index (κ1) is 10.6. The van der Waals surface area contributed by atoms with E-state index < -0.39 is 9.85 Å². The fourth-order valence-electron chi connectivity index (χ4n) is 0.944. The molecule has 1 rings (SSSR count). The lowest BCUT2D eigenvalue weighted by molar-refractivity contribution is -0.394. The van der Waals surface area contributed by atoms with Crippen LogP contribution in [0.5, 0.6) is 0 Å². The normalized spacial score (nSPS) is 9.79. The van der Waals surface area contributed by atoms with E-state index in [2.05, 4.69) is 15.9 Å². The third kappa shape index (κ3) is 2.25. The number of benzene rings is 1. The number of halogens is 1. The number of nitrogens with zero attached hydrogens (tertiary/aromatic N) is 2. The monoisotopic (exact) mass is 260 g/mol. The van der Waals surface area contributed by atoms with E-state index in [-0.39, 0.29) is 11.4 Å². The van der Waals surface area contributed by atoms with Crippen molar-refractivity contribution in [2.45, 2.75) is 5.33 Å². The van der Waals surface area contributed by atoms with Gasteiger partial charge in [0.25, 0.3) is 11.4 Å². The third-order valence-electron chi connectivity index (χ3n) is 1.54. The number of nitro groups is 2. The summed E-state index contributed by atoms with van der Waals surface area (Å²) in [5.41, 5.74) is -0.0341. The maximum Gasteiger partial charge on any atom is 0.276 e. The maximum absolute atomic E-state index is 10.4. The highest BCUT2D eigenvalue weighted by Gasteiger charge is 2.15. The van der Waals surface area contributed by atoms with Gasteiger partial charge in [0, 0.05) is 17.5 Å². The van der Waals surface area contributed by atoms with Crippen molar-refractivity contribution in [1.82, 2.24) is 0 Å².